The molecule has 4 rings (SSSR count). The Hall–Kier alpha value is -4.19. The first-order valence-electron chi connectivity index (χ1n) is 11.2. The van der Waals surface area contributed by atoms with Crippen molar-refractivity contribution in [2.45, 2.75) is 12.8 Å². The lowest BCUT2D eigenvalue weighted by Gasteiger charge is -2.18. The second-order valence-corrected chi connectivity index (χ2v) is 10.2. The number of fused-ring (bicyclic) bond motifs is 1. The predicted octanol–water partition coefficient (Wildman–Crippen LogP) is 5.41. The van der Waals surface area contributed by atoms with Crippen LogP contribution in [0, 0.1) is 0 Å². The minimum Gasteiger partial charge on any atom is -0.492 e. The Labute approximate surface area is 217 Å². The predicted molar refractivity (Wildman–Crippen MR) is 138 cm³/mol. The van der Waals surface area contributed by atoms with E-state index in [0.717, 1.165) is 18.9 Å². The highest BCUT2D eigenvalue weighted by molar-refractivity contribution is 7.92. The summed E-state index contributed by atoms with van der Waals surface area (Å²) in [6.45, 7) is 0.296. The maximum Gasteiger partial charge on any atom is 0.416 e. The molecule has 0 aliphatic carbocycles. The topological polar surface area (TPSA) is 98.7 Å². The van der Waals surface area contributed by atoms with E-state index in [2.05, 4.69) is 5.32 Å². The van der Waals surface area contributed by atoms with Gasteiger partial charge >= 0.3 is 6.18 Å². The highest BCUT2D eigenvalue weighted by Crippen LogP contribution is 2.41. The van der Waals surface area contributed by atoms with E-state index in [-0.39, 0.29) is 17.1 Å². The molecule has 1 heterocycles. The van der Waals surface area contributed by atoms with Crippen LogP contribution in [0.4, 0.5) is 24.5 Å². The molecule has 0 radical (unpaired) electrons. The van der Waals surface area contributed by atoms with E-state index in [0.29, 0.717) is 35.4 Å². The Balaban J connectivity index is 1.71. The summed E-state index contributed by atoms with van der Waals surface area (Å²) in [6, 6.07) is 17.7. The van der Waals surface area contributed by atoms with Crippen LogP contribution >= 0.6 is 0 Å². The van der Waals surface area contributed by atoms with Crippen molar-refractivity contribution >= 4 is 38.2 Å². The van der Waals surface area contributed by atoms with Gasteiger partial charge in [-0.05, 0) is 29.8 Å². The number of amides is 1. The lowest BCUT2D eigenvalue weighted by molar-refractivity contribution is -0.137. The number of carbonyl (C=O) groups excluding carboxylic acids is 1. The molecular weight excluding hydrogens is 523 g/mol. The summed E-state index contributed by atoms with van der Waals surface area (Å²) < 4.78 is 79.0. The molecule has 38 heavy (non-hydrogen) atoms. The molecule has 0 aliphatic heterocycles. The summed E-state index contributed by atoms with van der Waals surface area (Å²) in [7, 11) is -1.17. The van der Waals surface area contributed by atoms with E-state index in [4.69, 9.17) is 9.47 Å². The Morgan fingerprint density at radius 2 is 1.68 bits per heavy atom. The van der Waals surface area contributed by atoms with Crippen molar-refractivity contribution in [2.24, 2.45) is 7.05 Å². The summed E-state index contributed by atoms with van der Waals surface area (Å²) >= 11 is 0. The van der Waals surface area contributed by atoms with Crippen molar-refractivity contribution in [3.8, 4) is 11.5 Å². The van der Waals surface area contributed by atoms with Crippen LogP contribution in [-0.4, -0.2) is 32.3 Å². The number of nitrogens with one attached hydrogen (secondary N) is 2. The van der Waals surface area contributed by atoms with Crippen LogP contribution < -0.4 is 19.5 Å². The number of aromatic nitrogens is 1. The third-order valence-corrected chi connectivity index (χ3v) is 6.24. The largest absolute Gasteiger partial charge is 0.492 e. The highest BCUT2D eigenvalue weighted by atomic mass is 32.2. The van der Waals surface area contributed by atoms with Gasteiger partial charge in [0.05, 0.1) is 35.8 Å². The summed E-state index contributed by atoms with van der Waals surface area (Å²) in [4.78, 5) is 13.3. The van der Waals surface area contributed by atoms with E-state index in [1.54, 1.807) is 35.9 Å². The van der Waals surface area contributed by atoms with Gasteiger partial charge in [0.25, 0.3) is 5.91 Å². The Morgan fingerprint density at radius 3 is 2.32 bits per heavy atom. The van der Waals surface area contributed by atoms with Gasteiger partial charge in [-0.2, -0.15) is 13.2 Å². The minimum atomic E-state index is -4.82. The fraction of sp³-hybridized carbons (Fsp3) is 0.192. The molecule has 0 bridgehead atoms. The second-order valence-electron chi connectivity index (χ2n) is 8.49. The molecule has 0 unspecified atom stereocenters. The Kier molecular flexibility index (Phi) is 7.27. The SMILES string of the molecule is COc1c(NC(=O)c2cc3cccc(OCc4ccccc4)c3n2C)cc(C(F)(F)F)cc1NS(C)(=O)=O. The molecule has 0 aliphatic rings. The number of anilines is 2. The second kappa shape index (κ2) is 10.3. The van der Waals surface area contributed by atoms with E-state index < -0.39 is 33.4 Å². The average molecular weight is 548 g/mol. The number of rotatable bonds is 8. The van der Waals surface area contributed by atoms with Crippen molar-refractivity contribution in [1.29, 1.82) is 0 Å². The van der Waals surface area contributed by atoms with Crippen molar-refractivity contribution < 1.29 is 35.9 Å². The van der Waals surface area contributed by atoms with Crippen molar-refractivity contribution in [3.63, 3.8) is 0 Å². The van der Waals surface area contributed by atoms with Gasteiger partial charge in [0, 0.05) is 12.4 Å². The summed E-state index contributed by atoms with van der Waals surface area (Å²) in [6.07, 6.45) is -4.03. The van der Waals surface area contributed by atoms with Crippen LogP contribution in [-0.2, 0) is 29.9 Å². The molecule has 12 heteroatoms. The zero-order valence-electron chi connectivity index (χ0n) is 20.6. The molecular formula is C26H24F3N3O5S. The van der Waals surface area contributed by atoms with Crippen LogP contribution in [0.3, 0.4) is 0 Å². The van der Waals surface area contributed by atoms with Crippen LogP contribution in [0.15, 0.2) is 66.7 Å². The van der Waals surface area contributed by atoms with Gasteiger partial charge in [-0.15, -0.1) is 0 Å². The molecule has 2 N–H and O–H groups in total. The average Bonchev–Trinajstić information content (AvgIpc) is 3.19. The lowest BCUT2D eigenvalue weighted by Crippen LogP contribution is -2.18. The van der Waals surface area contributed by atoms with E-state index >= 15 is 0 Å². The van der Waals surface area contributed by atoms with Gasteiger partial charge < -0.3 is 19.4 Å². The van der Waals surface area contributed by atoms with Gasteiger partial charge in [-0.3, -0.25) is 9.52 Å². The molecule has 4 aromatic rings. The van der Waals surface area contributed by atoms with E-state index in [1.165, 1.54) is 0 Å². The van der Waals surface area contributed by atoms with Gasteiger partial charge in [0.2, 0.25) is 10.0 Å². The number of alkyl halides is 3. The summed E-state index contributed by atoms with van der Waals surface area (Å²) in [5, 5.41) is 3.11. The summed E-state index contributed by atoms with van der Waals surface area (Å²) in [5.74, 6) is -0.493. The number of benzene rings is 3. The third-order valence-electron chi connectivity index (χ3n) is 5.65. The van der Waals surface area contributed by atoms with Crippen molar-refractivity contribution in [1.82, 2.24) is 4.57 Å². The number of ether oxygens (including phenoxy) is 2. The third kappa shape index (κ3) is 5.86. The van der Waals surface area contributed by atoms with E-state index in [9.17, 15) is 26.4 Å². The van der Waals surface area contributed by atoms with Crippen LogP contribution in [0.5, 0.6) is 11.5 Å². The van der Waals surface area contributed by atoms with E-state index in [1.807, 2.05) is 35.1 Å². The highest BCUT2D eigenvalue weighted by Gasteiger charge is 2.33. The molecule has 0 saturated heterocycles. The molecule has 3 aromatic carbocycles. The number of methoxy groups -OCH3 is 1. The maximum absolute atomic E-state index is 13.6. The maximum atomic E-state index is 13.6. The fourth-order valence-corrected chi connectivity index (χ4v) is 4.57. The quantitative estimate of drug-likeness (QED) is 0.308. The first kappa shape index (κ1) is 26.9. The zero-order valence-corrected chi connectivity index (χ0v) is 21.4. The Bertz CT molecular complexity index is 1600. The molecule has 0 atom stereocenters. The molecule has 1 aromatic heterocycles. The van der Waals surface area contributed by atoms with Gasteiger partial charge in [-0.25, -0.2) is 8.42 Å². The molecule has 8 nitrogen and oxygen atoms in total. The number of nitrogens with zero attached hydrogens (tertiary/aromatic N) is 1. The zero-order chi connectivity index (χ0) is 27.7. The van der Waals surface area contributed by atoms with Gasteiger partial charge in [-0.1, -0.05) is 42.5 Å². The summed E-state index contributed by atoms with van der Waals surface area (Å²) in [5.41, 5.74) is -0.296. The monoisotopic (exact) mass is 547 g/mol. The number of halogens is 3. The molecule has 0 saturated carbocycles. The van der Waals surface area contributed by atoms with Gasteiger partial charge in [0.15, 0.2) is 5.75 Å². The van der Waals surface area contributed by atoms with Crippen molar-refractivity contribution in [3.05, 3.63) is 83.6 Å². The smallest absolute Gasteiger partial charge is 0.416 e. The lowest BCUT2D eigenvalue weighted by atomic mass is 10.1. The minimum absolute atomic E-state index is 0.132. The van der Waals surface area contributed by atoms with Gasteiger partial charge in [0.1, 0.15) is 18.1 Å². The number of hydrogen-bond acceptors (Lipinski definition) is 5. The molecule has 0 spiro atoms. The molecule has 0 fully saturated rings. The fourth-order valence-electron chi connectivity index (χ4n) is 4.02. The number of carbonyl (C=O) groups is 1. The number of para-hydroxylation sites is 1. The first-order valence-corrected chi connectivity index (χ1v) is 13.1. The number of sulfonamides is 1. The number of aryl methyl sites for hydroxylation is 1. The number of hydrogen-bond donors (Lipinski definition) is 2. The molecule has 200 valence electrons. The standard InChI is InChI=1S/C26H24F3N3O5S/c1-32-21(12-17-10-7-11-22(23(17)32)37-15-16-8-5-4-6-9-16)25(33)30-19-13-18(26(27,28)29)14-20(24(19)36-2)31-38(3,34)35/h4-14,31H,15H2,1-3H3,(H,30,33). The molecule has 1 amide bonds. The normalized spacial score (nSPS) is 11.8. The van der Waals surface area contributed by atoms with Crippen molar-refractivity contribution in [2.75, 3.05) is 23.4 Å². The van der Waals surface area contributed by atoms with Crippen LogP contribution in [0.25, 0.3) is 10.9 Å². The van der Waals surface area contributed by atoms with Crippen LogP contribution in [0.2, 0.25) is 0 Å². The Morgan fingerprint density at radius 1 is 1.00 bits per heavy atom. The van der Waals surface area contributed by atoms with Crippen LogP contribution in [0.1, 0.15) is 21.6 Å². The first-order chi connectivity index (χ1) is 17.9.